The van der Waals surface area contributed by atoms with E-state index in [9.17, 15) is 14.4 Å². The summed E-state index contributed by atoms with van der Waals surface area (Å²) in [5.41, 5.74) is 0.480. The molecule has 0 saturated carbocycles. The van der Waals surface area contributed by atoms with Crippen LogP contribution in [0.15, 0.2) is 36.9 Å². The van der Waals surface area contributed by atoms with Crippen molar-refractivity contribution in [1.82, 2.24) is 4.90 Å². The van der Waals surface area contributed by atoms with E-state index in [4.69, 9.17) is 4.74 Å². The van der Waals surface area contributed by atoms with Gasteiger partial charge >= 0.3 is 0 Å². The van der Waals surface area contributed by atoms with E-state index in [1.54, 1.807) is 30.3 Å². The van der Waals surface area contributed by atoms with E-state index >= 15 is 0 Å². The fraction of sp³-hybridized carbons (Fsp3) is 0.353. The maximum absolute atomic E-state index is 12.6. The van der Waals surface area contributed by atoms with Crippen LogP contribution < -0.4 is 9.64 Å². The van der Waals surface area contributed by atoms with E-state index in [0.717, 1.165) is 4.90 Å². The largest absolute Gasteiger partial charge is 0.494 e. The highest BCUT2D eigenvalue weighted by Gasteiger charge is 2.43. The SMILES string of the molecule is C=CCN(C(C)=O)C1CC(=O)N(c2ccc(OCC)cc2)C1=O. The first-order valence-corrected chi connectivity index (χ1v) is 7.47. The second-order valence-corrected chi connectivity index (χ2v) is 5.17. The molecule has 1 aromatic carbocycles. The van der Waals surface area contributed by atoms with Gasteiger partial charge in [-0.15, -0.1) is 6.58 Å². The maximum Gasteiger partial charge on any atom is 0.257 e. The molecule has 2 rings (SSSR count). The van der Waals surface area contributed by atoms with Crippen molar-refractivity contribution in [2.24, 2.45) is 0 Å². The summed E-state index contributed by atoms with van der Waals surface area (Å²) in [7, 11) is 0. The van der Waals surface area contributed by atoms with E-state index in [1.165, 1.54) is 11.8 Å². The zero-order valence-electron chi connectivity index (χ0n) is 13.3. The van der Waals surface area contributed by atoms with Gasteiger partial charge in [0, 0.05) is 13.5 Å². The summed E-state index contributed by atoms with van der Waals surface area (Å²) in [5.74, 6) is -0.302. The molecule has 1 fully saturated rings. The van der Waals surface area contributed by atoms with Crippen LogP contribution in [0, 0.1) is 0 Å². The first kappa shape index (κ1) is 16.7. The van der Waals surface area contributed by atoms with Crippen molar-refractivity contribution < 1.29 is 19.1 Å². The lowest BCUT2D eigenvalue weighted by atomic mass is 10.2. The Bertz CT molecular complexity index is 624. The van der Waals surface area contributed by atoms with Gasteiger partial charge in [0.05, 0.1) is 18.7 Å². The molecule has 1 heterocycles. The molecule has 1 aliphatic heterocycles. The smallest absolute Gasteiger partial charge is 0.257 e. The van der Waals surface area contributed by atoms with Crippen LogP contribution in [0.25, 0.3) is 0 Å². The number of benzene rings is 1. The minimum absolute atomic E-state index is 0.0144. The van der Waals surface area contributed by atoms with Crippen LogP contribution in [0.3, 0.4) is 0 Å². The zero-order valence-corrected chi connectivity index (χ0v) is 13.3. The second-order valence-electron chi connectivity index (χ2n) is 5.17. The van der Waals surface area contributed by atoms with Crippen molar-refractivity contribution >= 4 is 23.4 Å². The highest BCUT2D eigenvalue weighted by molar-refractivity contribution is 6.23. The predicted molar refractivity (Wildman–Crippen MR) is 86.1 cm³/mol. The average molecular weight is 316 g/mol. The van der Waals surface area contributed by atoms with Crippen LogP contribution in [0.2, 0.25) is 0 Å². The van der Waals surface area contributed by atoms with E-state index in [-0.39, 0.29) is 24.8 Å². The van der Waals surface area contributed by atoms with Crippen molar-refractivity contribution in [2.75, 3.05) is 18.1 Å². The van der Waals surface area contributed by atoms with Gasteiger partial charge in [-0.1, -0.05) is 6.08 Å². The van der Waals surface area contributed by atoms with E-state index in [0.29, 0.717) is 18.0 Å². The number of ether oxygens (including phenoxy) is 1. The van der Waals surface area contributed by atoms with Crippen LogP contribution in [-0.2, 0) is 14.4 Å². The Labute approximate surface area is 135 Å². The number of hydrogen-bond acceptors (Lipinski definition) is 4. The molecular weight excluding hydrogens is 296 g/mol. The molecule has 1 atom stereocenters. The first-order valence-electron chi connectivity index (χ1n) is 7.47. The van der Waals surface area contributed by atoms with Crippen LogP contribution in [0.4, 0.5) is 5.69 Å². The van der Waals surface area contributed by atoms with E-state index in [2.05, 4.69) is 6.58 Å². The third kappa shape index (κ3) is 3.41. The Balaban J connectivity index is 2.23. The number of amides is 3. The summed E-state index contributed by atoms with van der Waals surface area (Å²) < 4.78 is 5.35. The van der Waals surface area contributed by atoms with Crippen molar-refractivity contribution in [1.29, 1.82) is 0 Å². The highest BCUT2D eigenvalue weighted by atomic mass is 16.5. The second kappa shape index (κ2) is 7.09. The normalized spacial score (nSPS) is 17.3. The Kier molecular flexibility index (Phi) is 5.16. The molecule has 1 aromatic rings. The summed E-state index contributed by atoms with van der Waals surface area (Å²) in [4.78, 5) is 39.0. The molecule has 0 aliphatic carbocycles. The number of carbonyl (C=O) groups excluding carboxylic acids is 3. The maximum atomic E-state index is 12.6. The molecule has 1 aliphatic rings. The molecule has 0 aromatic heterocycles. The highest BCUT2D eigenvalue weighted by Crippen LogP contribution is 2.27. The average Bonchev–Trinajstić information content (AvgIpc) is 2.80. The third-order valence-electron chi connectivity index (χ3n) is 3.64. The topological polar surface area (TPSA) is 66.9 Å². The van der Waals surface area contributed by atoms with Crippen molar-refractivity contribution in [3.05, 3.63) is 36.9 Å². The zero-order chi connectivity index (χ0) is 17.0. The number of carbonyl (C=O) groups is 3. The van der Waals surface area contributed by atoms with Crippen LogP contribution in [0.1, 0.15) is 20.3 Å². The van der Waals surface area contributed by atoms with Gasteiger partial charge in [0.15, 0.2) is 0 Å². The van der Waals surface area contributed by atoms with Gasteiger partial charge in [0.25, 0.3) is 5.91 Å². The van der Waals surface area contributed by atoms with Gasteiger partial charge < -0.3 is 9.64 Å². The lowest BCUT2D eigenvalue weighted by molar-refractivity contribution is -0.135. The quantitative estimate of drug-likeness (QED) is 0.592. The third-order valence-corrected chi connectivity index (χ3v) is 3.64. The summed E-state index contributed by atoms with van der Waals surface area (Å²) in [6.07, 6.45) is 1.53. The summed E-state index contributed by atoms with van der Waals surface area (Å²) >= 11 is 0. The molecule has 23 heavy (non-hydrogen) atoms. The molecule has 1 unspecified atom stereocenters. The summed E-state index contributed by atoms with van der Waals surface area (Å²) in [6, 6.07) is 5.96. The molecule has 1 saturated heterocycles. The lowest BCUT2D eigenvalue weighted by Crippen LogP contribution is -2.44. The fourth-order valence-electron chi connectivity index (χ4n) is 2.60. The van der Waals surface area contributed by atoms with Gasteiger partial charge in [-0.25, -0.2) is 4.90 Å². The Morgan fingerprint density at radius 3 is 2.57 bits per heavy atom. The number of hydrogen-bond donors (Lipinski definition) is 0. The fourth-order valence-corrected chi connectivity index (χ4v) is 2.60. The number of nitrogens with zero attached hydrogens (tertiary/aromatic N) is 2. The number of anilines is 1. The minimum atomic E-state index is -0.774. The molecule has 0 radical (unpaired) electrons. The Morgan fingerprint density at radius 2 is 2.04 bits per heavy atom. The standard InChI is InChI=1S/C17H20N2O4/c1-4-10-18(12(3)20)15-11-16(21)19(17(15)22)13-6-8-14(9-7-13)23-5-2/h4,6-9,15H,1,5,10-11H2,2-3H3. The first-order chi connectivity index (χ1) is 11.0. The molecule has 6 heteroatoms. The molecule has 0 bridgehead atoms. The number of imide groups is 1. The lowest BCUT2D eigenvalue weighted by Gasteiger charge is -2.25. The molecule has 122 valence electrons. The Hall–Kier alpha value is -2.63. The van der Waals surface area contributed by atoms with Crippen LogP contribution in [-0.4, -0.2) is 41.8 Å². The van der Waals surface area contributed by atoms with E-state index < -0.39 is 11.9 Å². The van der Waals surface area contributed by atoms with Crippen molar-refractivity contribution in [3.63, 3.8) is 0 Å². The van der Waals surface area contributed by atoms with Gasteiger partial charge in [-0.2, -0.15) is 0 Å². The van der Waals surface area contributed by atoms with Gasteiger partial charge in [0.1, 0.15) is 11.8 Å². The number of rotatable bonds is 6. The summed E-state index contributed by atoms with van der Waals surface area (Å²) in [5, 5.41) is 0. The molecule has 0 spiro atoms. The van der Waals surface area contributed by atoms with Crippen LogP contribution in [0.5, 0.6) is 5.75 Å². The van der Waals surface area contributed by atoms with Gasteiger partial charge in [0.2, 0.25) is 11.8 Å². The van der Waals surface area contributed by atoms with Crippen LogP contribution >= 0.6 is 0 Å². The van der Waals surface area contributed by atoms with E-state index in [1.807, 2.05) is 6.92 Å². The molecular formula is C17H20N2O4. The molecule has 3 amide bonds. The minimum Gasteiger partial charge on any atom is -0.494 e. The summed E-state index contributed by atoms with van der Waals surface area (Å²) in [6.45, 7) is 7.61. The molecule has 6 nitrogen and oxygen atoms in total. The monoisotopic (exact) mass is 316 g/mol. The molecule has 0 N–H and O–H groups in total. The van der Waals surface area contributed by atoms with Crippen molar-refractivity contribution in [2.45, 2.75) is 26.3 Å². The Morgan fingerprint density at radius 1 is 1.39 bits per heavy atom. The van der Waals surface area contributed by atoms with Gasteiger partial charge in [-0.05, 0) is 31.2 Å². The van der Waals surface area contributed by atoms with Crippen molar-refractivity contribution in [3.8, 4) is 5.75 Å². The predicted octanol–water partition coefficient (Wildman–Crippen LogP) is 1.75. The van der Waals surface area contributed by atoms with Gasteiger partial charge in [-0.3, -0.25) is 14.4 Å².